The van der Waals surface area contributed by atoms with Crippen LogP contribution in [0.25, 0.3) is 0 Å². The highest BCUT2D eigenvalue weighted by atomic mass is 16.5. The van der Waals surface area contributed by atoms with Crippen molar-refractivity contribution in [1.29, 1.82) is 0 Å². The molecule has 0 spiro atoms. The van der Waals surface area contributed by atoms with Crippen LogP contribution in [0.2, 0.25) is 0 Å². The van der Waals surface area contributed by atoms with Gasteiger partial charge in [-0.3, -0.25) is 0 Å². The monoisotopic (exact) mass is 210 g/mol. The fourth-order valence-corrected chi connectivity index (χ4v) is 1.49. The molecule has 3 heteroatoms. The molecule has 84 valence electrons. The van der Waals surface area contributed by atoms with Gasteiger partial charge in [-0.2, -0.15) is 0 Å². The van der Waals surface area contributed by atoms with E-state index >= 15 is 0 Å². The summed E-state index contributed by atoms with van der Waals surface area (Å²) >= 11 is 0. The molecular formula is C12H18O3. The summed E-state index contributed by atoms with van der Waals surface area (Å²) in [6.07, 6.45) is 0. The molecule has 0 bridgehead atoms. The highest BCUT2D eigenvalue weighted by molar-refractivity contribution is 5.49. The van der Waals surface area contributed by atoms with E-state index in [1.807, 2.05) is 26.0 Å². The second kappa shape index (κ2) is 5.61. The number of rotatable bonds is 5. The van der Waals surface area contributed by atoms with Crippen LogP contribution in [0.1, 0.15) is 18.1 Å². The highest BCUT2D eigenvalue weighted by Gasteiger charge is 2.10. The predicted octanol–water partition coefficient (Wildman–Crippen LogP) is 2.55. The summed E-state index contributed by atoms with van der Waals surface area (Å²) in [6, 6.07) is 3.91. The molecule has 0 heterocycles. The molecule has 0 aliphatic heterocycles. The van der Waals surface area contributed by atoms with Gasteiger partial charge >= 0.3 is 0 Å². The second-order valence-electron chi connectivity index (χ2n) is 3.22. The lowest BCUT2D eigenvalue weighted by atomic mass is 10.1. The minimum atomic E-state index is 0.614. The molecule has 0 aliphatic carbocycles. The Labute approximate surface area is 91.0 Å². The van der Waals surface area contributed by atoms with Crippen LogP contribution in [-0.4, -0.2) is 20.8 Å². The van der Waals surface area contributed by atoms with Gasteiger partial charge in [-0.25, -0.2) is 0 Å². The average Bonchev–Trinajstić information content (AvgIpc) is 2.27. The Morgan fingerprint density at radius 3 is 2.40 bits per heavy atom. The molecule has 1 aromatic rings. The number of hydrogen-bond acceptors (Lipinski definition) is 3. The molecule has 15 heavy (non-hydrogen) atoms. The molecule has 0 saturated carbocycles. The first-order valence-corrected chi connectivity index (χ1v) is 5.02. The van der Waals surface area contributed by atoms with Crippen LogP contribution >= 0.6 is 0 Å². The van der Waals surface area contributed by atoms with Gasteiger partial charge in [0.25, 0.3) is 0 Å². The van der Waals surface area contributed by atoms with Crippen LogP contribution in [0.15, 0.2) is 12.1 Å². The van der Waals surface area contributed by atoms with E-state index in [-0.39, 0.29) is 0 Å². The largest absolute Gasteiger partial charge is 0.493 e. The smallest absolute Gasteiger partial charge is 0.163 e. The summed E-state index contributed by atoms with van der Waals surface area (Å²) in [5.74, 6) is 1.55. The van der Waals surface area contributed by atoms with Gasteiger partial charge in [-0.1, -0.05) is 6.07 Å². The number of ether oxygens (including phenoxy) is 3. The van der Waals surface area contributed by atoms with Crippen molar-refractivity contribution in [3.63, 3.8) is 0 Å². The molecule has 0 fully saturated rings. The van der Waals surface area contributed by atoms with Crippen molar-refractivity contribution in [1.82, 2.24) is 0 Å². The molecule has 0 radical (unpaired) electrons. The Balaban J connectivity index is 3.00. The molecule has 0 N–H and O–H groups in total. The zero-order valence-electron chi connectivity index (χ0n) is 9.79. The van der Waals surface area contributed by atoms with Gasteiger partial charge in [0.05, 0.1) is 20.8 Å². The van der Waals surface area contributed by atoms with Crippen LogP contribution < -0.4 is 9.47 Å². The van der Waals surface area contributed by atoms with E-state index in [9.17, 15) is 0 Å². The van der Waals surface area contributed by atoms with Crippen LogP contribution in [-0.2, 0) is 11.3 Å². The van der Waals surface area contributed by atoms with Crippen LogP contribution in [0, 0.1) is 6.92 Å². The molecule has 1 rings (SSSR count). The Hall–Kier alpha value is -1.22. The molecule has 0 unspecified atom stereocenters. The number of benzene rings is 1. The summed E-state index contributed by atoms with van der Waals surface area (Å²) < 4.78 is 15.9. The topological polar surface area (TPSA) is 27.7 Å². The molecule has 0 aliphatic rings. The van der Waals surface area contributed by atoms with Gasteiger partial charge in [0.15, 0.2) is 11.5 Å². The lowest BCUT2D eigenvalue weighted by Gasteiger charge is -2.13. The summed E-state index contributed by atoms with van der Waals surface area (Å²) in [6.45, 7) is 5.32. The van der Waals surface area contributed by atoms with Gasteiger partial charge in [0.1, 0.15) is 0 Å². The highest BCUT2D eigenvalue weighted by Crippen LogP contribution is 2.32. The molecule has 1 aromatic carbocycles. The Kier molecular flexibility index (Phi) is 4.43. The fraction of sp³-hybridized carbons (Fsp3) is 0.500. The van der Waals surface area contributed by atoms with Crippen LogP contribution in [0.5, 0.6) is 11.5 Å². The maximum absolute atomic E-state index is 5.38. The zero-order valence-corrected chi connectivity index (χ0v) is 9.79. The van der Waals surface area contributed by atoms with Crippen molar-refractivity contribution in [2.24, 2.45) is 0 Å². The van der Waals surface area contributed by atoms with Crippen LogP contribution in [0.3, 0.4) is 0 Å². The Morgan fingerprint density at radius 2 is 1.87 bits per heavy atom. The second-order valence-corrected chi connectivity index (χ2v) is 3.22. The predicted molar refractivity (Wildman–Crippen MR) is 59.6 cm³/mol. The van der Waals surface area contributed by atoms with Crippen molar-refractivity contribution < 1.29 is 14.2 Å². The Bertz CT molecular complexity index is 321. The standard InChI is InChI=1S/C12H18O3/c1-5-15-8-10-6-7-11(13-3)12(14-4)9(10)2/h6-7H,5,8H2,1-4H3. The minimum Gasteiger partial charge on any atom is -0.493 e. The molecule has 3 nitrogen and oxygen atoms in total. The van der Waals surface area contributed by atoms with E-state index in [2.05, 4.69) is 0 Å². The van der Waals surface area contributed by atoms with Crippen molar-refractivity contribution in [3.8, 4) is 11.5 Å². The van der Waals surface area contributed by atoms with Gasteiger partial charge in [-0.05, 0) is 25.5 Å². The van der Waals surface area contributed by atoms with Crippen molar-refractivity contribution in [2.75, 3.05) is 20.8 Å². The van der Waals surface area contributed by atoms with Gasteiger partial charge < -0.3 is 14.2 Å². The summed E-state index contributed by atoms with van der Waals surface area (Å²) in [7, 11) is 3.29. The average molecular weight is 210 g/mol. The first kappa shape index (κ1) is 11.9. The van der Waals surface area contributed by atoms with E-state index in [1.54, 1.807) is 14.2 Å². The lowest BCUT2D eigenvalue weighted by molar-refractivity contribution is 0.133. The zero-order chi connectivity index (χ0) is 11.3. The molecule has 0 saturated heterocycles. The van der Waals surface area contributed by atoms with E-state index in [0.717, 1.165) is 22.6 Å². The molecule has 0 aromatic heterocycles. The van der Waals surface area contributed by atoms with Gasteiger partial charge in [0, 0.05) is 12.2 Å². The third kappa shape index (κ3) is 2.63. The quantitative estimate of drug-likeness (QED) is 0.747. The lowest BCUT2D eigenvalue weighted by Crippen LogP contribution is -1.99. The SMILES string of the molecule is CCOCc1ccc(OC)c(OC)c1C. The molecule has 0 amide bonds. The van der Waals surface area contributed by atoms with E-state index < -0.39 is 0 Å². The minimum absolute atomic E-state index is 0.614. The maximum atomic E-state index is 5.38. The van der Waals surface area contributed by atoms with Crippen LogP contribution in [0.4, 0.5) is 0 Å². The van der Waals surface area contributed by atoms with Crippen molar-refractivity contribution >= 4 is 0 Å². The molecular weight excluding hydrogens is 192 g/mol. The van der Waals surface area contributed by atoms with Gasteiger partial charge in [-0.15, -0.1) is 0 Å². The fourth-order valence-electron chi connectivity index (χ4n) is 1.49. The maximum Gasteiger partial charge on any atom is 0.163 e. The van der Waals surface area contributed by atoms with Gasteiger partial charge in [0.2, 0.25) is 0 Å². The first-order chi connectivity index (χ1) is 7.24. The van der Waals surface area contributed by atoms with E-state index in [1.165, 1.54) is 0 Å². The summed E-state index contributed by atoms with van der Waals surface area (Å²) in [4.78, 5) is 0. The summed E-state index contributed by atoms with van der Waals surface area (Å²) in [5.41, 5.74) is 2.21. The van der Waals surface area contributed by atoms with E-state index in [0.29, 0.717) is 13.2 Å². The van der Waals surface area contributed by atoms with E-state index in [4.69, 9.17) is 14.2 Å². The van der Waals surface area contributed by atoms with Crippen molar-refractivity contribution in [3.05, 3.63) is 23.3 Å². The third-order valence-corrected chi connectivity index (χ3v) is 2.37. The molecule has 0 atom stereocenters. The first-order valence-electron chi connectivity index (χ1n) is 5.02. The van der Waals surface area contributed by atoms with Crippen molar-refractivity contribution in [2.45, 2.75) is 20.5 Å². The Morgan fingerprint density at radius 1 is 1.13 bits per heavy atom. The summed E-state index contributed by atoms with van der Waals surface area (Å²) in [5, 5.41) is 0. The number of hydrogen-bond donors (Lipinski definition) is 0. The normalized spacial score (nSPS) is 10.1. The third-order valence-electron chi connectivity index (χ3n) is 2.37. The number of methoxy groups -OCH3 is 2.